The normalized spacial score (nSPS) is 20.4. The molecule has 1 saturated heterocycles. The highest BCUT2D eigenvalue weighted by atomic mass is 16.2. The molecule has 0 aromatic heterocycles. The van der Waals surface area contributed by atoms with Crippen LogP contribution in [0.5, 0.6) is 0 Å². The molecule has 1 aliphatic carbocycles. The lowest BCUT2D eigenvalue weighted by molar-refractivity contribution is -0.139. The quantitative estimate of drug-likeness (QED) is 0.677. The van der Waals surface area contributed by atoms with Crippen molar-refractivity contribution in [1.82, 2.24) is 4.90 Å². The summed E-state index contributed by atoms with van der Waals surface area (Å²) in [6.07, 6.45) is 5.97. The topological polar surface area (TPSA) is 20.3 Å². The second-order valence-electron chi connectivity index (χ2n) is 4.64. The first-order valence-electron chi connectivity index (χ1n) is 7.56. The number of rotatable bonds is 1. The first-order chi connectivity index (χ1) is 8.27. The van der Waals surface area contributed by atoms with Crippen LogP contribution in [0.25, 0.3) is 0 Å². The Hall–Kier alpha value is -0.530. The Balaban J connectivity index is 0.000000581. The molecule has 1 saturated carbocycles. The van der Waals surface area contributed by atoms with Crippen molar-refractivity contribution in [2.45, 2.75) is 66.7 Å². The van der Waals surface area contributed by atoms with Crippen LogP contribution < -0.4 is 0 Å². The molecule has 0 bridgehead atoms. The molecule has 0 unspecified atom stereocenters. The number of carbonyl (C=O) groups is 1. The second-order valence-corrected chi connectivity index (χ2v) is 4.64. The molecule has 0 spiro atoms. The number of piperidine rings is 1. The van der Waals surface area contributed by atoms with Gasteiger partial charge in [0.05, 0.1) is 0 Å². The van der Waals surface area contributed by atoms with Gasteiger partial charge in [0.1, 0.15) is 0 Å². The summed E-state index contributed by atoms with van der Waals surface area (Å²) >= 11 is 0. The summed E-state index contributed by atoms with van der Waals surface area (Å²) < 4.78 is 0. The monoisotopic (exact) mass is 241 g/mol. The molecule has 1 heterocycles. The molecular weight excluding hydrogens is 210 g/mol. The van der Waals surface area contributed by atoms with E-state index >= 15 is 0 Å². The minimum Gasteiger partial charge on any atom is -0.342 e. The zero-order chi connectivity index (χ0) is 13.3. The Bertz CT molecular complexity index is 191. The molecule has 1 amide bonds. The van der Waals surface area contributed by atoms with E-state index in [9.17, 15) is 4.79 Å². The van der Waals surface area contributed by atoms with Crippen molar-refractivity contribution in [2.75, 3.05) is 13.1 Å². The van der Waals surface area contributed by atoms with Crippen LogP contribution in [0.1, 0.15) is 66.7 Å². The molecular formula is C15H31NO. The lowest BCUT2D eigenvalue weighted by atomic mass is 9.83. The molecule has 0 radical (unpaired) electrons. The van der Waals surface area contributed by atoms with E-state index in [0.717, 1.165) is 31.8 Å². The van der Waals surface area contributed by atoms with Gasteiger partial charge in [-0.05, 0) is 31.6 Å². The zero-order valence-electron chi connectivity index (χ0n) is 12.5. The largest absolute Gasteiger partial charge is 0.342 e. The van der Waals surface area contributed by atoms with Crippen LogP contribution in [-0.2, 0) is 4.79 Å². The third kappa shape index (κ3) is 5.10. The SMILES string of the molecule is CC.CC.CC1CCN(C(=O)C2CCC2)CC1. The van der Waals surface area contributed by atoms with Gasteiger partial charge in [-0.15, -0.1) is 0 Å². The summed E-state index contributed by atoms with van der Waals surface area (Å²) in [7, 11) is 0. The van der Waals surface area contributed by atoms with Crippen LogP contribution >= 0.6 is 0 Å². The van der Waals surface area contributed by atoms with Gasteiger partial charge in [-0.25, -0.2) is 0 Å². The maximum atomic E-state index is 11.8. The van der Waals surface area contributed by atoms with Gasteiger partial charge in [-0.2, -0.15) is 0 Å². The van der Waals surface area contributed by atoms with Gasteiger partial charge in [0, 0.05) is 19.0 Å². The third-order valence-electron chi connectivity index (χ3n) is 3.55. The van der Waals surface area contributed by atoms with E-state index < -0.39 is 0 Å². The van der Waals surface area contributed by atoms with Crippen LogP contribution in [0.3, 0.4) is 0 Å². The molecule has 2 heteroatoms. The Morgan fingerprint density at radius 2 is 1.41 bits per heavy atom. The van der Waals surface area contributed by atoms with Gasteiger partial charge < -0.3 is 4.90 Å². The molecule has 1 aliphatic heterocycles. The van der Waals surface area contributed by atoms with Crippen LogP contribution in [-0.4, -0.2) is 23.9 Å². The first-order valence-corrected chi connectivity index (χ1v) is 7.56. The predicted octanol–water partition coefficient (Wildman–Crippen LogP) is 4.10. The van der Waals surface area contributed by atoms with Gasteiger partial charge in [-0.1, -0.05) is 41.0 Å². The summed E-state index contributed by atoms with van der Waals surface area (Å²) in [4.78, 5) is 13.9. The van der Waals surface area contributed by atoms with E-state index in [2.05, 4.69) is 11.8 Å². The van der Waals surface area contributed by atoms with Gasteiger partial charge in [0.2, 0.25) is 5.91 Å². The highest BCUT2D eigenvalue weighted by Crippen LogP contribution is 2.29. The Morgan fingerprint density at radius 1 is 0.941 bits per heavy atom. The molecule has 0 aromatic rings. The summed E-state index contributed by atoms with van der Waals surface area (Å²) in [5.74, 6) is 1.66. The van der Waals surface area contributed by atoms with Crippen molar-refractivity contribution < 1.29 is 4.79 Å². The lowest BCUT2D eigenvalue weighted by Gasteiger charge is -2.35. The average molecular weight is 241 g/mol. The molecule has 2 fully saturated rings. The minimum absolute atomic E-state index is 0.397. The zero-order valence-corrected chi connectivity index (χ0v) is 12.5. The maximum Gasteiger partial charge on any atom is 0.225 e. The lowest BCUT2D eigenvalue weighted by Crippen LogP contribution is -2.43. The molecule has 2 rings (SSSR count). The molecule has 2 aliphatic rings. The predicted molar refractivity (Wildman–Crippen MR) is 75.0 cm³/mol. The number of hydrogen-bond acceptors (Lipinski definition) is 1. The van der Waals surface area contributed by atoms with E-state index in [-0.39, 0.29) is 0 Å². The van der Waals surface area contributed by atoms with Crippen molar-refractivity contribution in [3.8, 4) is 0 Å². The van der Waals surface area contributed by atoms with Gasteiger partial charge in [0.25, 0.3) is 0 Å². The first kappa shape index (κ1) is 16.5. The number of nitrogens with zero attached hydrogens (tertiary/aromatic N) is 1. The van der Waals surface area contributed by atoms with Crippen LogP contribution in [0, 0.1) is 11.8 Å². The fourth-order valence-corrected chi connectivity index (χ4v) is 2.14. The fraction of sp³-hybridized carbons (Fsp3) is 0.933. The van der Waals surface area contributed by atoms with Crippen molar-refractivity contribution in [3.05, 3.63) is 0 Å². The second kappa shape index (κ2) is 9.49. The van der Waals surface area contributed by atoms with Crippen molar-refractivity contribution >= 4 is 5.91 Å². The van der Waals surface area contributed by atoms with E-state index in [1.807, 2.05) is 27.7 Å². The highest BCUT2D eigenvalue weighted by Gasteiger charge is 2.30. The number of hydrogen-bond donors (Lipinski definition) is 0. The van der Waals surface area contributed by atoms with Crippen molar-refractivity contribution in [1.29, 1.82) is 0 Å². The van der Waals surface area contributed by atoms with E-state index in [1.54, 1.807) is 0 Å². The summed E-state index contributed by atoms with van der Waals surface area (Å²) in [6, 6.07) is 0. The van der Waals surface area contributed by atoms with E-state index in [0.29, 0.717) is 11.8 Å². The van der Waals surface area contributed by atoms with Crippen LogP contribution in [0.2, 0.25) is 0 Å². The molecule has 0 N–H and O–H groups in total. The van der Waals surface area contributed by atoms with Crippen LogP contribution in [0.4, 0.5) is 0 Å². The number of amides is 1. The molecule has 102 valence electrons. The standard InChI is InChI=1S/C11H19NO.2C2H6/c1-9-5-7-12(8-6-9)11(13)10-3-2-4-10;2*1-2/h9-10H,2-8H2,1H3;2*1-2H3. The highest BCUT2D eigenvalue weighted by molar-refractivity contribution is 5.79. The van der Waals surface area contributed by atoms with E-state index in [1.165, 1.54) is 19.3 Å². The van der Waals surface area contributed by atoms with Crippen molar-refractivity contribution in [3.63, 3.8) is 0 Å². The smallest absolute Gasteiger partial charge is 0.225 e. The number of likely N-dealkylation sites (tertiary alicyclic amines) is 1. The molecule has 0 atom stereocenters. The number of carbonyl (C=O) groups excluding carboxylic acids is 1. The van der Waals surface area contributed by atoms with Gasteiger partial charge >= 0.3 is 0 Å². The minimum atomic E-state index is 0.397. The summed E-state index contributed by atoms with van der Waals surface area (Å²) in [5, 5.41) is 0. The summed E-state index contributed by atoms with van der Waals surface area (Å²) in [5.41, 5.74) is 0. The fourth-order valence-electron chi connectivity index (χ4n) is 2.14. The summed E-state index contributed by atoms with van der Waals surface area (Å²) in [6.45, 7) is 12.3. The Morgan fingerprint density at radius 3 is 1.76 bits per heavy atom. The molecule has 0 aromatic carbocycles. The van der Waals surface area contributed by atoms with Crippen molar-refractivity contribution in [2.24, 2.45) is 11.8 Å². The average Bonchev–Trinajstić information content (AvgIpc) is 2.33. The van der Waals surface area contributed by atoms with Crippen LogP contribution in [0.15, 0.2) is 0 Å². The van der Waals surface area contributed by atoms with E-state index in [4.69, 9.17) is 0 Å². The Kier molecular flexibility index (Phi) is 9.20. The van der Waals surface area contributed by atoms with Gasteiger partial charge in [-0.3, -0.25) is 4.79 Å². The maximum absolute atomic E-state index is 11.8. The molecule has 17 heavy (non-hydrogen) atoms. The third-order valence-corrected chi connectivity index (χ3v) is 3.55. The molecule has 2 nitrogen and oxygen atoms in total. The van der Waals surface area contributed by atoms with Gasteiger partial charge in [0.15, 0.2) is 0 Å². The Labute approximate surface area is 108 Å².